The number of para-hydroxylation sites is 2. The molecule has 1 N–H and O–H groups in total. The Bertz CT molecular complexity index is 956. The number of thiazole rings is 1. The van der Waals surface area contributed by atoms with Gasteiger partial charge in [-0.15, -0.1) is 11.3 Å². The highest BCUT2D eigenvalue weighted by Gasteiger charge is 2.11. The number of fused-ring (bicyclic) bond motifs is 1. The molecule has 0 aliphatic heterocycles. The zero-order chi connectivity index (χ0) is 16.4. The molecule has 0 radical (unpaired) electrons. The maximum absolute atomic E-state index is 4.77. The number of benzene rings is 2. The molecule has 4 nitrogen and oxygen atoms in total. The van der Waals surface area contributed by atoms with Crippen molar-refractivity contribution < 1.29 is 0 Å². The lowest BCUT2D eigenvalue weighted by Crippen LogP contribution is -2.08. The van der Waals surface area contributed by atoms with Crippen molar-refractivity contribution in [3.05, 3.63) is 76.2 Å². The second kappa shape index (κ2) is 6.45. The second-order valence-electron chi connectivity index (χ2n) is 5.70. The van der Waals surface area contributed by atoms with Gasteiger partial charge in [0.05, 0.1) is 29.1 Å². The van der Waals surface area contributed by atoms with E-state index in [1.54, 1.807) is 11.3 Å². The predicted molar refractivity (Wildman–Crippen MR) is 99.5 cm³/mol. The van der Waals surface area contributed by atoms with E-state index in [1.165, 1.54) is 10.4 Å². The lowest BCUT2D eigenvalue weighted by molar-refractivity contribution is 0.823. The summed E-state index contributed by atoms with van der Waals surface area (Å²) in [6.45, 7) is 3.56. The van der Waals surface area contributed by atoms with Gasteiger partial charge in [0.2, 0.25) is 5.95 Å². The Labute approximate surface area is 144 Å². The van der Waals surface area contributed by atoms with E-state index in [4.69, 9.17) is 4.98 Å². The first-order chi connectivity index (χ1) is 11.8. The summed E-state index contributed by atoms with van der Waals surface area (Å²) in [6.07, 6.45) is 1.93. The summed E-state index contributed by atoms with van der Waals surface area (Å²) in [5, 5.41) is 4.56. The Hall–Kier alpha value is -2.66. The molecule has 0 saturated heterocycles. The Morgan fingerprint density at radius 1 is 1.04 bits per heavy atom. The minimum atomic E-state index is 0.740. The van der Waals surface area contributed by atoms with Crippen molar-refractivity contribution in [2.45, 2.75) is 20.0 Å². The van der Waals surface area contributed by atoms with Crippen molar-refractivity contribution in [2.24, 2.45) is 0 Å². The molecule has 120 valence electrons. The zero-order valence-electron chi connectivity index (χ0n) is 13.4. The van der Waals surface area contributed by atoms with E-state index in [1.807, 2.05) is 25.3 Å². The van der Waals surface area contributed by atoms with Crippen LogP contribution in [0.25, 0.3) is 11.0 Å². The van der Waals surface area contributed by atoms with Crippen molar-refractivity contribution >= 4 is 28.3 Å². The highest BCUT2D eigenvalue weighted by Crippen LogP contribution is 2.22. The fraction of sp³-hybridized carbons (Fsp3) is 0.158. The molecule has 0 spiro atoms. The number of rotatable bonds is 5. The molecule has 5 heteroatoms. The minimum Gasteiger partial charge on any atom is -0.351 e. The van der Waals surface area contributed by atoms with Crippen LogP contribution in [0.5, 0.6) is 0 Å². The number of aromatic nitrogens is 3. The fourth-order valence-electron chi connectivity index (χ4n) is 2.79. The second-order valence-corrected chi connectivity index (χ2v) is 7.01. The smallest absolute Gasteiger partial charge is 0.204 e. The molecular formula is C19H18N4S. The van der Waals surface area contributed by atoms with E-state index in [-0.39, 0.29) is 0 Å². The van der Waals surface area contributed by atoms with Gasteiger partial charge >= 0.3 is 0 Å². The van der Waals surface area contributed by atoms with Crippen LogP contribution in [-0.4, -0.2) is 14.5 Å². The Balaban J connectivity index is 1.67. The maximum atomic E-state index is 4.77. The molecule has 4 aromatic rings. The first-order valence-corrected chi connectivity index (χ1v) is 8.75. The third-order valence-electron chi connectivity index (χ3n) is 3.93. The van der Waals surface area contributed by atoms with Gasteiger partial charge in [-0.1, -0.05) is 42.5 Å². The molecule has 4 rings (SSSR count). The van der Waals surface area contributed by atoms with Crippen LogP contribution >= 0.6 is 11.3 Å². The van der Waals surface area contributed by atoms with Crippen LogP contribution in [0.2, 0.25) is 0 Å². The summed E-state index contributed by atoms with van der Waals surface area (Å²) in [4.78, 5) is 10.3. The minimum absolute atomic E-state index is 0.740. The van der Waals surface area contributed by atoms with E-state index in [9.17, 15) is 0 Å². The topological polar surface area (TPSA) is 42.7 Å². The van der Waals surface area contributed by atoms with Crippen molar-refractivity contribution in [3.8, 4) is 0 Å². The standard InChI is InChI=1S/C19H18N4S/c1-14-20-11-16(24-14)12-21-19-22-17-9-5-6-10-18(17)23(19)13-15-7-3-2-4-8-15/h2-11H,12-13H2,1H3,(H,21,22). The largest absolute Gasteiger partial charge is 0.351 e. The predicted octanol–water partition coefficient (Wildman–Crippen LogP) is 4.46. The van der Waals surface area contributed by atoms with Gasteiger partial charge in [0.25, 0.3) is 0 Å². The summed E-state index contributed by atoms with van der Waals surface area (Å²) < 4.78 is 2.23. The van der Waals surface area contributed by atoms with Crippen LogP contribution < -0.4 is 5.32 Å². The van der Waals surface area contributed by atoms with E-state index in [2.05, 4.69) is 57.3 Å². The molecule has 2 aromatic heterocycles. The molecule has 0 atom stereocenters. The van der Waals surface area contributed by atoms with Gasteiger partial charge in [-0.3, -0.25) is 0 Å². The van der Waals surface area contributed by atoms with Crippen molar-refractivity contribution in [3.63, 3.8) is 0 Å². The molecule has 0 unspecified atom stereocenters. The summed E-state index contributed by atoms with van der Waals surface area (Å²) in [7, 11) is 0. The van der Waals surface area contributed by atoms with Crippen LogP contribution in [0.15, 0.2) is 60.8 Å². The molecule has 0 saturated carbocycles. The van der Waals surface area contributed by atoms with Crippen LogP contribution in [0.1, 0.15) is 15.4 Å². The van der Waals surface area contributed by atoms with Gasteiger partial charge in [0.15, 0.2) is 0 Å². The normalized spacial score (nSPS) is 11.0. The number of nitrogens with zero attached hydrogens (tertiary/aromatic N) is 3. The molecule has 24 heavy (non-hydrogen) atoms. The molecule has 2 aromatic carbocycles. The SMILES string of the molecule is Cc1ncc(CNc2nc3ccccc3n2Cc2ccccc2)s1. The van der Waals surface area contributed by atoms with Gasteiger partial charge < -0.3 is 9.88 Å². The van der Waals surface area contributed by atoms with Crippen LogP contribution in [0.3, 0.4) is 0 Å². The number of anilines is 1. The Kier molecular flexibility index (Phi) is 4.01. The van der Waals surface area contributed by atoms with Gasteiger partial charge in [-0.25, -0.2) is 9.97 Å². The Morgan fingerprint density at radius 3 is 2.62 bits per heavy atom. The molecule has 0 fully saturated rings. The summed E-state index contributed by atoms with van der Waals surface area (Å²) in [5.74, 6) is 0.895. The molecule has 0 bridgehead atoms. The van der Waals surface area contributed by atoms with Crippen molar-refractivity contribution in [1.82, 2.24) is 14.5 Å². The average Bonchev–Trinajstić information content (AvgIpc) is 3.18. The molecule has 0 aliphatic rings. The van der Waals surface area contributed by atoms with E-state index in [0.29, 0.717) is 0 Å². The summed E-state index contributed by atoms with van der Waals surface area (Å²) >= 11 is 1.71. The molecular weight excluding hydrogens is 316 g/mol. The lowest BCUT2D eigenvalue weighted by Gasteiger charge is -2.10. The van der Waals surface area contributed by atoms with E-state index in [0.717, 1.165) is 35.1 Å². The summed E-state index contributed by atoms with van der Waals surface area (Å²) in [6, 6.07) is 18.7. The molecule has 0 amide bonds. The third-order valence-corrected chi connectivity index (χ3v) is 4.84. The molecule has 0 aliphatic carbocycles. The first kappa shape index (κ1) is 14.9. The van der Waals surface area contributed by atoms with Crippen LogP contribution in [0.4, 0.5) is 5.95 Å². The van der Waals surface area contributed by atoms with Crippen molar-refractivity contribution in [2.75, 3.05) is 5.32 Å². The number of hydrogen-bond acceptors (Lipinski definition) is 4. The third kappa shape index (κ3) is 3.03. The fourth-order valence-corrected chi connectivity index (χ4v) is 3.52. The van der Waals surface area contributed by atoms with Gasteiger partial charge in [0.1, 0.15) is 0 Å². The summed E-state index contributed by atoms with van der Waals surface area (Å²) in [5.41, 5.74) is 3.41. The number of imidazole rings is 1. The van der Waals surface area contributed by atoms with E-state index < -0.39 is 0 Å². The van der Waals surface area contributed by atoms with Crippen LogP contribution in [-0.2, 0) is 13.1 Å². The average molecular weight is 334 g/mol. The van der Waals surface area contributed by atoms with Crippen molar-refractivity contribution in [1.29, 1.82) is 0 Å². The van der Waals surface area contributed by atoms with E-state index >= 15 is 0 Å². The van der Waals surface area contributed by atoms with Gasteiger partial charge in [-0.05, 0) is 24.6 Å². The number of hydrogen-bond donors (Lipinski definition) is 1. The van der Waals surface area contributed by atoms with Gasteiger partial charge in [0, 0.05) is 11.1 Å². The maximum Gasteiger partial charge on any atom is 0.204 e. The lowest BCUT2D eigenvalue weighted by atomic mass is 10.2. The number of aryl methyl sites for hydroxylation is 1. The molecule has 2 heterocycles. The first-order valence-electron chi connectivity index (χ1n) is 7.94. The Morgan fingerprint density at radius 2 is 1.83 bits per heavy atom. The number of nitrogens with one attached hydrogen (secondary N) is 1. The van der Waals surface area contributed by atoms with Gasteiger partial charge in [-0.2, -0.15) is 0 Å². The highest BCUT2D eigenvalue weighted by molar-refractivity contribution is 7.11. The van der Waals surface area contributed by atoms with Crippen LogP contribution in [0, 0.1) is 6.92 Å². The zero-order valence-corrected chi connectivity index (χ0v) is 14.3. The monoisotopic (exact) mass is 334 g/mol. The quantitative estimate of drug-likeness (QED) is 0.586. The highest BCUT2D eigenvalue weighted by atomic mass is 32.1.